The first-order chi connectivity index (χ1) is 9.22. The quantitative estimate of drug-likeness (QED) is 0.695. The summed E-state index contributed by atoms with van der Waals surface area (Å²) in [6.07, 6.45) is 1.50. The number of fused-ring (bicyclic) bond motifs is 1. The first kappa shape index (κ1) is 12.3. The molecule has 94 valence electrons. The molecule has 0 amide bonds. The smallest absolute Gasteiger partial charge is 0.141 e. The fourth-order valence-electron chi connectivity index (χ4n) is 1.83. The molecule has 1 aromatic heterocycles. The minimum absolute atomic E-state index is 0.280. The van der Waals surface area contributed by atoms with Crippen LogP contribution in [0.25, 0.3) is 10.9 Å². The summed E-state index contributed by atoms with van der Waals surface area (Å²) < 4.78 is 14.3. The molecular formula is C14H9FIN3. The molecule has 1 heterocycles. The lowest BCUT2D eigenvalue weighted by Gasteiger charge is -2.08. The van der Waals surface area contributed by atoms with E-state index in [1.807, 2.05) is 18.2 Å². The van der Waals surface area contributed by atoms with Gasteiger partial charge in [-0.05, 0) is 59.0 Å². The first-order valence-electron chi connectivity index (χ1n) is 5.65. The highest BCUT2D eigenvalue weighted by Gasteiger charge is 2.05. The largest absolute Gasteiger partial charge is 0.340 e. The molecule has 1 N–H and O–H groups in total. The number of benzene rings is 2. The maximum absolute atomic E-state index is 13.2. The number of nitrogens with zero attached hydrogens (tertiary/aromatic N) is 2. The van der Waals surface area contributed by atoms with Crippen molar-refractivity contribution in [2.24, 2.45) is 0 Å². The zero-order valence-electron chi connectivity index (χ0n) is 9.77. The van der Waals surface area contributed by atoms with Gasteiger partial charge in [0.05, 0.1) is 5.52 Å². The fourth-order valence-corrected chi connectivity index (χ4v) is 2.32. The Bertz CT molecular complexity index is 746. The molecule has 0 radical (unpaired) electrons. The molecule has 0 saturated heterocycles. The van der Waals surface area contributed by atoms with Gasteiger partial charge in [-0.1, -0.05) is 6.07 Å². The van der Waals surface area contributed by atoms with Crippen molar-refractivity contribution in [1.29, 1.82) is 0 Å². The van der Waals surface area contributed by atoms with E-state index < -0.39 is 0 Å². The minimum Gasteiger partial charge on any atom is -0.340 e. The summed E-state index contributed by atoms with van der Waals surface area (Å²) in [7, 11) is 0. The first-order valence-corrected chi connectivity index (χ1v) is 6.73. The molecule has 0 fully saturated rings. The average Bonchev–Trinajstić information content (AvgIpc) is 2.39. The van der Waals surface area contributed by atoms with Gasteiger partial charge in [-0.15, -0.1) is 0 Å². The normalized spacial score (nSPS) is 10.6. The molecule has 0 atom stereocenters. The van der Waals surface area contributed by atoms with Gasteiger partial charge in [0, 0.05) is 14.6 Å². The van der Waals surface area contributed by atoms with Crippen molar-refractivity contribution in [3.05, 3.63) is 58.2 Å². The van der Waals surface area contributed by atoms with Crippen LogP contribution in [0.4, 0.5) is 15.9 Å². The van der Waals surface area contributed by atoms with Gasteiger partial charge < -0.3 is 5.32 Å². The van der Waals surface area contributed by atoms with Gasteiger partial charge in [0.15, 0.2) is 0 Å². The fraction of sp³-hybridized carbons (Fsp3) is 0. The molecule has 5 heteroatoms. The van der Waals surface area contributed by atoms with Crippen molar-refractivity contribution in [3.63, 3.8) is 0 Å². The van der Waals surface area contributed by atoms with Gasteiger partial charge in [-0.2, -0.15) is 0 Å². The summed E-state index contributed by atoms with van der Waals surface area (Å²) in [6, 6.07) is 12.2. The Morgan fingerprint density at radius 3 is 2.79 bits per heavy atom. The molecule has 0 bridgehead atoms. The van der Waals surface area contributed by atoms with E-state index in [1.165, 1.54) is 18.5 Å². The topological polar surface area (TPSA) is 37.8 Å². The predicted molar refractivity (Wildman–Crippen MR) is 81.9 cm³/mol. The van der Waals surface area contributed by atoms with Crippen LogP contribution in [-0.2, 0) is 0 Å². The second kappa shape index (κ2) is 5.08. The van der Waals surface area contributed by atoms with E-state index in [2.05, 4.69) is 37.9 Å². The van der Waals surface area contributed by atoms with Crippen LogP contribution in [0, 0.1) is 9.39 Å². The Morgan fingerprint density at radius 2 is 1.95 bits per heavy atom. The van der Waals surface area contributed by atoms with Crippen molar-refractivity contribution < 1.29 is 4.39 Å². The standard InChI is InChI=1S/C14H9FIN3/c15-9-2-1-3-11(6-9)19-14-12-7-10(16)4-5-13(12)17-8-18-14/h1-8H,(H,17,18,19). The summed E-state index contributed by atoms with van der Waals surface area (Å²) in [5.41, 5.74) is 1.52. The second-order valence-electron chi connectivity index (χ2n) is 4.02. The van der Waals surface area contributed by atoms with Gasteiger partial charge in [0.1, 0.15) is 18.0 Å². The van der Waals surface area contributed by atoms with Gasteiger partial charge >= 0.3 is 0 Å². The summed E-state index contributed by atoms with van der Waals surface area (Å²) in [5.74, 6) is 0.395. The minimum atomic E-state index is -0.280. The third-order valence-corrected chi connectivity index (χ3v) is 3.36. The van der Waals surface area contributed by atoms with Gasteiger partial charge in [0.25, 0.3) is 0 Å². The number of anilines is 2. The number of hydrogen-bond donors (Lipinski definition) is 1. The highest BCUT2D eigenvalue weighted by Crippen LogP contribution is 2.24. The highest BCUT2D eigenvalue weighted by atomic mass is 127. The van der Waals surface area contributed by atoms with E-state index in [4.69, 9.17) is 0 Å². The van der Waals surface area contributed by atoms with Crippen LogP contribution in [0.5, 0.6) is 0 Å². The van der Waals surface area contributed by atoms with E-state index in [9.17, 15) is 4.39 Å². The molecule has 3 nitrogen and oxygen atoms in total. The number of halogens is 2. The van der Waals surface area contributed by atoms with Crippen LogP contribution < -0.4 is 5.32 Å². The van der Waals surface area contributed by atoms with E-state index in [0.717, 1.165) is 14.5 Å². The Hall–Kier alpha value is -1.76. The third-order valence-electron chi connectivity index (χ3n) is 2.68. The molecule has 0 unspecified atom stereocenters. The average molecular weight is 365 g/mol. The molecule has 3 rings (SSSR count). The number of aromatic nitrogens is 2. The predicted octanol–water partition coefficient (Wildman–Crippen LogP) is 4.12. The molecule has 0 aliphatic heterocycles. The van der Waals surface area contributed by atoms with Crippen LogP contribution in [-0.4, -0.2) is 9.97 Å². The Kier molecular flexibility index (Phi) is 3.29. The van der Waals surface area contributed by atoms with Crippen LogP contribution in [0.3, 0.4) is 0 Å². The maximum atomic E-state index is 13.2. The molecule has 19 heavy (non-hydrogen) atoms. The SMILES string of the molecule is Fc1cccc(Nc2ncnc3ccc(I)cc23)c1. The Morgan fingerprint density at radius 1 is 1.05 bits per heavy atom. The van der Waals surface area contributed by atoms with E-state index in [1.54, 1.807) is 12.1 Å². The van der Waals surface area contributed by atoms with Gasteiger partial charge in [-0.25, -0.2) is 14.4 Å². The van der Waals surface area contributed by atoms with Gasteiger partial charge in [0.2, 0.25) is 0 Å². The van der Waals surface area contributed by atoms with E-state index in [-0.39, 0.29) is 5.82 Å². The third kappa shape index (κ3) is 2.65. The summed E-state index contributed by atoms with van der Waals surface area (Å²) in [5, 5.41) is 4.04. The van der Waals surface area contributed by atoms with Crippen LogP contribution in [0.2, 0.25) is 0 Å². The van der Waals surface area contributed by atoms with Crippen molar-refractivity contribution >= 4 is 45.0 Å². The van der Waals surface area contributed by atoms with Crippen LogP contribution in [0.1, 0.15) is 0 Å². The molecular weight excluding hydrogens is 356 g/mol. The van der Waals surface area contributed by atoms with Crippen LogP contribution in [0.15, 0.2) is 48.8 Å². The van der Waals surface area contributed by atoms with Crippen molar-refractivity contribution in [2.75, 3.05) is 5.32 Å². The lowest BCUT2D eigenvalue weighted by Crippen LogP contribution is -1.96. The summed E-state index contributed by atoms with van der Waals surface area (Å²) in [4.78, 5) is 8.44. The Balaban J connectivity index is 2.07. The lowest BCUT2D eigenvalue weighted by molar-refractivity contribution is 0.628. The van der Waals surface area contributed by atoms with E-state index in [0.29, 0.717) is 11.5 Å². The highest BCUT2D eigenvalue weighted by molar-refractivity contribution is 14.1. The molecule has 0 spiro atoms. The molecule has 2 aromatic carbocycles. The summed E-state index contributed by atoms with van der Waals surface area (Å²) in [6.45, 7) is 0. The molecule has 3 aromatic rings. The van der Waals surface area contributed by atoms with Gasteiger partial charge in [-0.3, -0.25) is 0 Å². The molecule has 0 saturated carbocycles. The number of hydrogen-bond acceptors (Lipinski definition) is 3. The van der Waals surface area contributed by atoms with Crippen molar-refractivity contribution in [2.45, 2.75) is 0 Å². The molecule has 0 aliphatic rings. The monoisotopic (exact) mass is 365 g/mol. The molecule has 0 aliphatic carbocycles. The lowest BCUT2D eigenvalue weighted by atomic mass is 10.2. The van der Waals surface area contributed by atoms with Crippen LogP contribution >= 0.6 is 22.6 Å². The number of nitrogens with one attached hydrogen (secondary N) is 1. The maximum Gasteiger partial charge on any atom is 0.141 e. The number of rotatable bonds is 2. The zero-order valence-corrected chi connectivity index (χ0v) is 11.9. The van der Waals surface area contributed by atoms with Crippen molar-refractivity contribution in [1.82, 2.24) is 9.97 Å². The van der Waals surface area contributed by atoms with Crippen molar-refractivity contribution in [3.8, 4) is 0 Å². The van der Waals surface area contributed by atoms with E-state index >= 15 is 0 Å². The zero-order chi connectivity index (χ0) is 13.2. The summed E-state index contributed by atoms with van der Waals surface area (Å²) >= 11 is 2.24. The Labute approximate surface area is 123 Å². The second-order valence-corrected chi connectivity index (χ2v) is 5.26.